The van der Waals surface area contributed by atoms with Gasteiger partial charge in [-0.25, -0.2) is 9.48 Å². The zero-order valence-electron chi connectivity index (χ0n) is 17.6. The Morgan fingerprint density at radius 3 is 2.64 bits per heavy atom. The van der Waals surface area contributed by atoms with Crippen LogP contribution in [0.25, 0.3) is 15.9 Å². The first-order chi connectivity index (χ1) is 15.9. The lowest BCUT2D eigenvalue weighted by atomic mass is 10.2. The SMILES string of the molecule is COc1ccc(NC(=O)COC(=O)c2cc3c(C)nn(-c4ccccc4)c3s2)c([N+](=O)[O-])c1. The van der Waals surface area contributed by atoms with Crippen molar-refractivity contribution in [3.8, 4) is 11.4 Å². The molecule has 0 bridgehead atoms. The van der Waals surface area contributed by atoms with Crippen LogP contribution in [0.1, 0.15) is 15.4 Å². The third kappa shape index (κ3) is 4.53. The molecular weight excluding hydrogens is 448 g/mol. The number of nitrogens with zero attached hydrogens (tertiary/aromatic N) is 3. The Bertz CT molecular complexity index is 1360. The summed E-state index contributed by atoms with van der Waals surface area (Å²) in [4.78, 5) is 36.5. The maximum absolute atomic E-state index is 12.5. The highest BCUT2D eigenvalue weighted by atomic mass is 32.1. The number of fused-ring (bicyclic) bond motifs is 1. The number of aryl methyl sites for hydroxylation is 1. The molecule has 33 heavy (non-hydrogen) atoms. The maximum atomic E-state index is 12.5. The monoisotopic (exact) mass is 466 g/mol. The molecule has 0 unspecified atom stereocenters. The van der Waals surface area contributed by atoms with E-state index in [1.165, 1.54) is 36.6 Å². The van der Waals surface area contributed by atoms with Gasteiger partial charge in [0.2, 0.25) is 0 Å². The molecule has 4 aromatic rings. The second-order valence-electron chi connectivity index (χ2n) is 6.93. The average molecular weight is 466 g/mol. The summed E-state index contributed by atoms with van der Waals surface area (Å²) < 4.78 is 11.8. The van der Waals surface area contributed by atoms with Crippen LogP contribution in [-0.2, 0) is 9.53 Å². The van der Waals surface area contributed by atoms with Crippen LogP contribution >= 0.6 is 11.3 Å². The number of nitrogens with one attached hydrogen (secondary N) is 1. The van der Waals surface area contributed by atoms with Crippen LogP contribution in [0.15, 0.2) is 54.6 Å². The van der Waals surface area contributed by atoms with Crippen LogP contribution < -0.4 is 10.1 Å². The van der Waals surface area contributed by atoms with E-state index in [9.17, 15) is 19.7 Å². The number of esters is 1. The number of para-hydroxylation sites is 1. The highest BCUT2D eigenvalue weighted by molar-refractivity contribution is 7.20. The molecule has 10 nitrogen and oxygen atoms in total. The molecule has 2 aromatic heterocycles. The van der Waals surface area contributed by atoms with Crippen molar-refractivity contribution < 1.29 is 24.0 Å². The molecule has 0 fully saturated rings. The van der Waals surface area contributed by atoms with E-state index in [0.717, 1.165) is 21.6 Å². The summed E-state index contributed by atoms with van der Waals surface area (Å²) in [5.74, 6) is -1.10. The van der Waals surface area contributed by atoms with Crippen LogP contribution in [0.4, 0.5) is 11.4 Å². The third-order valence-corrected chi connectivity index (χ3v) is 5.85. The standard InChI is InChI=1S/C22H18N4O6S/c1-13-16-11-19(33-21(16)25(24-13)14-6-4-3-5-7-14)22(28)32-12-20(27)23-17-9-8-15(31-2)10-18(17)26(29)30/h3-11H,12H2,1-2H3,(H,23,27). The summed E-state index contributed by atoms with van der Waals surface area (Å²) in [6.07, 6.45) is 0. The molecule has 0 aliphatic heterocycles. The van der Waals surface area contributed by atoms with Gasteiger partial charge in [0.25, 0.3) is 11.6 Å². The molecule has 2 heterocycles. The number of hydrogen-bond acceptors (Lipinski definition) is 8. The van der Waals surface area contributed by atoms with Crippen LogP contribution in [0.5, 0.6) is 5.75 Å². The van der Waals surface area contributed by atoms with E-state index in [1.54, 1.807) is 10.7 Å². The Morgan fingerprint density at radius 1 is 1.18 bits per heavy atom. The molecule has 11 heteroatoms. The molecular formula is C22H18N4O6S. The van der Waals surface area contributed by atoms with Crippen molar-refractivity contribution in [2.24, 2.45) is 0 Å². The van der Waals surface area contributed by atoms with Crippen LogP contribution in [0.3, 0.4) is 0 Å². The Morgan fingerprint density at radius 2 is 1.94 bits per heavy atom. The number of benzene rings is 2. The largest absolute Gasteiger partial charge is 0.496 e. The van der Waals surface area contributed by atoms with E-state index in [0.29, 0.717) is 4.88 Å². The first-order valence-corrected chi connectivity index (χ1v) is 10.5. The number of hydrogen-bond donors (Lipinski definition) is 1. The summed E-state index contributed by atoms with van der Waals surface area (Å²) in [5, 5.41) is 19.0. The Kier molecular flexibility index (Phi) is 6.05. The lowest BCUT2D eigenvalue weighted by molar-refractivity contribution is -0.384. The zero-order valence-corrected chi connectivity index (χ0v) is 18.4. The van der Waals surface area contributed by atoms with Gasteiger partial charge in [-0.05, 0) is 37.3 Å². The van der Waals surface area contributed by atoms with Gasteiger partial charge in [0.15, 0.2) is 6.61 Å². The number of rotatable bonds is 7. The van der Waals surface area contributed by atoms with Crippen LogP contribution in [0.2, 0.25) is 0 Å². The fraction of sp³-hybridized carbons (Fsp3) is 0.136. The molecule has 4 rings (SSSR count). The topological polar surface area (TPSA) is 126 Å². The van der Waals surface area contributed by atoms with Gasteiger partial charge in [-0.1, -0.05) is 18.2 Å². The number of thiophene rings is 1. The molecule has 0 aliphatic carbocycles. The number of nitro groups is 1. The van der Waals surface area contributed by atoms with Gasteiger partial charge in [0.1, 0.15) is 21.1 Å². The van der Waals surface area contributed by atoms with Gasteiger partial charge in [-0.15, -0.1) is 11.3 Å². The summed E-state index contributed by atoms with van der Waals surface area (Å²) in [7, 11) is 1.38. The molecule has 0 saturated heterocycles. The summed E-state index contributed by atoms with van der Waals surface area (Å²) in [6.45, 7) is 1.25. The van der Waals surface area contributed by atoms with Gasteiger partial charge in [0, 0.05) is 5.39 Å². The fourth-order valence-electron chi connectivity index (χ4n) is 3.18. The van der Waals surface area contributed by atoms with Gasteiger partial charge < -0.3 is 14.8 Å². The van der Waals surface area contributed by atoms with Crippen molar-refractivity contribution in [1.82, 2.24) is 9.78 Å². The van der Waals surface area contributed by atoms with E-state index in [-0.39, 0.29) is 17.1 Å². The second kappa shape index (κ2) is 9.09. The van der Waals surface area contributed by atoms with Gasteiger partial charge >= 0.3 is 5.97 Å². The summed E-state index contributed by atoms with van der Waals surface area (Å²) in [6, 6.07) is 15.2. The molecule has 1 N–H and O–H groups in total. The smallest absolute Gasteiger partial charge is 0.348 e. The Labute approximate surface area is 191 Å². The predicted octanol–water partition coefficient (Wildman–Crippen LogP) is 4.11. The van der Waals surface area contributed by atoms with Gasteiger partial charge in [-0.3, -0.25) is 14.9 Å². The number of methoxy groups -OCH3 is 1. The average Bonchev–Trinajstić information content (AvgIpc) is 3.39. The van der Waals surface area contributed by atoms with Crippen LogP contribution in [-0.4, -0.2) is 40.3 Å². The molecule has 0 saturated carbocycles. The van der Waals surface area contributed by atoms with Gasteiger partial charge in [-0.2, -0.15) is 5.10 Å². The van der Waals surface area contributed by atoms with E-state index >= 15 is 0 Å². The number of aromatic nitrogens is 2. The second-order valence-corrected chi connectivity index (χ2v) is 7.96. The summed E-state index contributed by atoms with van der Waals surface area (Å²) >= 11 is 1.20. The van der Waals surface area contributed by atoms with E-state index in [2.05, 4.69) is 10.4 Å². The number of ether oxygens (including phenoxy) is 2. The number of carbonyl (C=O) groups excluding carboxylic acids is 2. The first-order valence-electron chi connectivity index (χ1n) is 9.71. The molecule has 0 aliphatic rings. The van der Waals surface area contributed by atoms with Crippen molar-refractivity contribution >= 4 is 44.8 Å². The molecule has 0 spiro atoms. The van der Waals surface area contributed by atoms with Crippen molar-refractivity contribution in [2.45, 2.75) is 6.92 Å². The third-order valence-electron chi connectivity index (χ3n) is 4.76. The van der Waals surface area contributed by atoms with E-state index in [1.807, 2.05) is 37.3 Å². The Balaban J connectivity index is 1.46. The first kappa shape index (κ1) is 22.0. The number of amides is 1. The van der Waals surface area contributed by atoms with E-state index < -0.39 is 23.4 Å². The Hall–Kier alpha value is -4.25. The minimum Gasteiger partial charge on any atom is -0.496 e. The normalized spacial score (nSPS) is 10.7. The quantitative estimate of drug-likeness (QED) is 0.247. The number of anilines is 1. The van der Waals surface area contributed by atoms with Crippen molar-refractivity contribution in [3.63, 3.8) is 0 Å². The van der Waals surface area contributed by atoms with Gasteiger partial charge in [0.05, 0.1) is 29.5 Å². The molecule has 0 radical (unpaired) electrons. The van der Waals surface area contributed by atoms with Crippen LogP contribution in [0, 0.1) is 17.0 Å². The molecule has 168 valence electrons. The highest BCUT2D eigenvalue weighted by Gasteiger charge is 2.21. The summed E-state index contributed by atoms with van der Waals surface area (Å²) in [5.41, 5.74) is 1.26. The van der Waals surface area contributed by atoms with Crippen molar-refractivity contribution in [1.29, 1.82) is 0 Å². The zero-order chi connectivity index (χ0) is 23.5. The van der Waals surface area contributed by atoms with E-state index in [4.69, 9.17) is 9.47 Å². The minimum absolute atomic E-state index is 0.0257. The number of nitro benzene ring substituents is 1. The fourth-order valence-corrected chi connectivity index (χ4v) is 4.25. The molecule has 2 aromatic carbocycles. The highest BCUT2D eigenvalue weighted by Crippen LogP contribution is 2.31. The lowest BCUT2D eigenvalue weighted by Crippen LogP contribution is -2.21. The lowest BCUT2D eigenvalue weighted by Gasteiger charge is -2.08. The molecule has 1 amide bonds. The molecule has 0 atom stereocenters. The minimum atomic E-state index is -0.704. The number of carbonyl (C=O) groups is 2. The predicted molar refractivity (Wildman–Crippen MR) is 122 cm³/mol. The van der Waals surface area contributed by atoms with Crippen molar-refractivity contribution in [3.05, 3.63) is 75.3 Å². The maximum Gasteiger partial charge on any atom is 0.348 e. The van der Waals surface area contributed by atoms with Crippen molar-refractivity contribution in [2.75, 3.05) is 19.0 Å².